The highest BCUT2D eigenvalue weighted by Gasteiger charge is 2.37. The lowest BCUT2D eigenvalue weighted by atomic mass is 9.76. The normalized spacial score (nSPS) is 18.5. The van der Waals surface area contributed by atoms with Crippen LogP contribution in [-0.2, 0) is 9.45 Å². The van der Waals surface area contributed by atoms with Gasteiger partial charge in [-0.25, -0.2) is 0 Å². The first-order valence-electron chi connectivity index (χ1n) is 3.46. The molecule has 1 rings (SSSR count). The highest BCUT2D eigenvalue weighted by Crippen LogP contribution is 2.40. The second-order valence-electron chi connectivity index (χ2n) is 2.59. The second kappa shape index (κ2) is 3.41. The number of carboxylic acid groups (broad SMARTS) is 1. The average Bonchev–Trinajstić information content (AvgIpc) is 2.71. The molecule has 0 bridgehead atoms. The van der Waals surface area contributed by atoms with Crippen LogP contribution in [0.3, 0.4) is 0 Å². The number of carboxylic acids is 1. The summed E-state index contributed by atoms with van der Waals surface area (Å²) in [5.41, 5.74) is 0. The first-order chi connectivity index (χ1) is 5.25. The summed E-state index contributed by atoms with van der Waals surface area (Å²) in [6.45, 7) is 0. The molecule has 0 spiro atoms. The number of hydrogen-bond acceptors (Lipinski definition) is 3. The van der Waals surface area contributed by atoms with Gasteiger partial charge in [0.1, 0.15) is 6.40 Å². The Kier molecular flexibility index (Phi) is 2.51. The predicted molar refractivity (Wildman–Crippen MR) is 39.7 cm³/mol. The van der Waals surface area contributed by atoms with Gasteiger partial charge in [0.2, 0.25) is 0 Å². The van der Waals surface area contributed by atoms with E-state index in [0.717, 1.165) is 19.2 Å². The van der Waals surface area contributed by atoms with E-state index in [1.165, 1.54) is 7.48 Å². The Hall–Kier alpha value is -0.995. The first kappa shape index (κ1) is 8.10. The van der Waals surface area contributed by atoms with Crippen LogP contribution >= 0.6 is 0 Å². The molecule has 4 nitrogen and oxygen atoms in total. The van der Waals surface area contributed by atoms with E-state index in [1.807, 2.05) is 0 Å². The largest absolute Gasteiger partial charge is 0.555 e. The van der Waals surface area contributed by atoms with Crippen LogP contribution in [0.4, 0.5) is 0 Å². The number of nitrogens with one attached hydrogen (secondary N) is 1. The van der Waals surface area contributed by atoms with Crippen molar-refractivity contribution in [2.24, 2.45) is 5.92 Å². The van der Waals surface area contributed by atoms with Gasteiger partial charge in [-0.05, 0) is 18.8 Å². The molecular weight excluding hydrogens is 145 g/mol. The van der Waals surface area contributed by atoms with Crippen molar-refractivity contribution in [2.75, 3.05) is 0 Å². The van der Waals surface area contributed by atoms with Crippen LogP contribution in [0.25, 0.3) is 0 Å². The Bertz CT molecular complexity index is 169. The van der Waals surface area contributed by atoms with Crippen LogP contribution in [0.1, 0.15) is 12.8 Å². The van der Waals surface area contributed by atoms with E-state index in [1.54, 1.807) is 0 Å². The Morgan fingerprint density at radius 1 is 1.82 bits per heavy atom. The molecule has 5 heteroatoms. The summed E-state index contributed by atoms with van der Waals surface area (Å²) in [7, 11) is 1.22. The molecule has 1 saturated carbocycles. The smallest absolute Gasteiger partial charge is 0.386 e. The molecule has 1 atom stereocenters. The van der Waals surface area contributed by atoms with Crippen molar-refractivity contribution in [1.82, 2.24) is 0 Å². The Labute approximate surface area is 65.3 Å². The third-order valence-electron chi connectivity index (χ3n) is 1.71. The zero-order chi connectivity index (χ0) is 8.27. The molecule has 0 aromatic rings. The standard InChI is InChI=1S/C6H9BNO3/c8-3-11-7-5(6(9)10)4-1-2-4/h3-5,8H,1-2H2,(H,9,10)/t5-/m0/s1. The van der Waals surface area contributed by atoms with Gasteiger partial charge in [-0.15, -0.1) is 0 Å². The zero-order valence-electron chi connectivity index (χ0n) is 5.99. The average molecular weight is 154 g/mol. The van der Waals surface area contributed by atoms with Crippen LogP contribution in [0.2, 0.25) is 5.82 Å². The van der Waals surface area contributed by atoms with Crippen molar-refractivity contribution in [3.8, 4) is 0 Å². The highest BCUT2D eigenvalue weighted by atomic mass is 16.4. The number of carbonyl (C=O) groups is 1. The van der Waals surface area contributed by atoms with E-state index in [2.05, 4.69) is 4.65 Å². The molecule has 11 heavy (non-hydrogen) atoms. The molecule has 59 valence electrons. The van der Waals surface area contributed by atoms with Crippen LogP contribution in [0.15, 0.2) is 0 Å². The van der Waals surface area contributed by atoms with E-state index in [4.69, 9.17) is 10.5 Å². The molecule has 1 radical (unpaired) electrons. The van der Waals surface area contributed by atoms with E-state index in [-0.39, 0.29) is 5.92 Å². The van der Waals surface area contributed by atoms with Gasteiger partial charge < -0.3 is 9.76 Å². The van der Waals surface area contributed by atoms with Crippen molar-refractivity contribution in [3.05, 3.63) is 0 Å². The summed E-state index contributed by atoms with van der Waals surface area (Å²) in [6.07, 6.45) is 2.64. The number of rotatable bonds is 5. The lowest BCUT2D eigenvalue weighted by Crippen LogP contribution is -2.18. The van der Waals surface area contributed by atoms with Gasteiger partial charge in [-0.1, -0.05) is 0 Å². The fourth-order valence-electron chi connectivity index (χ4n) is 0.950. The van der Waals surface area contributed by atoms with Crippen LogP contribution in [-0.4, -0.2) is 25.0 Å². The Balaban J connectivity index is 2.32. The van der Waals surface area contributed by atoms with Gasteiger partial charge in [0.05, 0.1) is 5.82 Å². The van der Waals surface area contributed by atoms with Crippen molar-refractivity contribution in [2.45, 2.75) is 18.7 Å². The second-order valence-corrected chi connectivity index (χ2v) is 2.59. The lowest BCUT2D eigenvalue weighted by Gasteiger charge is -2.05. The molecule has 1 aliphatic carbocycles. The van der Waals surface area contributed by atoms with Crippen LogP contribution < -0.4 is 0 Å². The molecule has 0 heterocycles. The molecular formula is C6H9BNO3. The van der Waals surface area contributed by atoms with Crippen LogP contribution in [0.5, 0.6) is 0 Å². The van der Waals surface area contributed by atoms with Gasteiger partial charge in [0, 0.05) is 0 Å². The first-order valence-corrected chi connectivity index (χ1v) is 3.46. The molecule has 1 fully saturated rings. The van der Waals surface area contributed by atoms with E-state index in [9.17, 15) is 4.79 Å². The number of aliphatic carboxylic acids is 1. The van der Waals surface area contributed by atoms with Crippen LogP contribution in [0, 0.1) is 11.3 Å². The SMILES string of the molecule is N=CO[B][C@H](C(=O)O)C1CC1. The third-order valence-corrected chi connectivity index (χ3v) is 1.71. The van der Waals surface area contributed by atoms with E-state index in [0.29, 0.717) is 0 Å². The Morgan fingerprint density at radius 2 is 2.45 bits per heavy atom. The summed E-state index contributed by atoms with van der Waals surface area (Å²) in [5.74, 6) is -1.17. The maximum atomic E-state index is 10.5. The predicted octanol–water partition coefficient (Wildman–Crippen LogP) is 0.512. The third kappa shape index (κ3) is 2.25. The van der Waals surface area contributed by atoms with Gasteiger partial charge in [0.25, 0.3) is 0 Å². The van der Waals surface area contributed by atoms with Crippen molar-refractivity contribution < 1.29 is 14.6 Å². The van der Waals surface area contributed by atoms with E-state index < -0.39 is 11.8 Å². The molecule has 0 saturated heterocycles. The monoisotopic (exact) mass is 154 g/mol. The van der Waals surface area contributed by atoms with E-state index >= 15 is 0 Å². The molecule has 0 aromatic heterocycles. The molecule has 0 unspecified atom stereocenters. The van der Waals surface area contributed by atoms with Gasteiger partial charge in [0.15, 0.2) is 0 Å². The molecule has 2 N–H and O–H groups in total. The Morgan fingerprint density at radius 3 is 2.82 bits per heavy atom. The summed E-state index contributed by atoms with van der Waals surface area (Å²) < 4.78 is 4.49. The summed E-state index contributed by atoms with van der Waals surface area (Å²) in [6, 6.07) is 0. The summed E-state index contributed by atoms with van der Waals surface area (Å²) in [4.78, 5) is 10.5. The zero-order valence-corrected chi connectivity index (χ0v) is 5.99. The minimum Gasteiger partial charge on any atom is -0.555 e. The van der Waals surface area contributed by atoms with Crippen molar-refractivity contribution in [1.29, 1.82) is 5.41 Å². The maximum Gasteiger partial charge on any atom is 0.386 e. The highest BCUT2D eigenvalue weighted by molar-refractivity contribution is 6.38. The summed E-state index contributed by atoms with van der Waals surface area (Å²) in [5, 5.41) is 15.2. The van der Waals surface area contributed by atoms with Crippen molar-refractivity contribution >= 4 is 19.9 Å². The minimum atomic E-state index is -0.866. The number of hydrogen-bond donors (Lipinski definition) is 2. The lowest BCUT2D eigenvalue weighted by molar-refractivity contribution is -0.137. The molecule has 1 aliphatic rings. The topological polar surface area (TPSA) is 70.4 Å². The van der Waals surface area contributed by atoms with Gasteiger partial charge in [-0.3, -0.25) is 10.2 Å². The summed E-state index contributed by atoms with van der Waals surface area (Å²) >= 11 is 0. The quantitative estimate of drug-likeness (QED) is 0.344. The van der Waals surface area contributed by atoms with Gasteiger partial charge in [-0.2, -0.15) is 0 Å². The fourth-order valence-corrected chi connectivity index (χ4v) is 0.950. The van der Waals surface area contributed by atoms with Crippen molar-refractivity contribution in [3.63, 3.8) is 0 Å². The fraction of sp³-hybridized carbons (Fsp3) is 0.667. The van der Waals surface area contributed by atoms with Gasteiger partial charge >= 0.3 is 13.5 Å². The molecule has 0 amide bonds. The molecule has 0 aromatic carbocycles. The minimum absolute atomic E-state index is 0.229. The maximum absolute atomic E-state index is 10.5. The molecule has 0 aliphatic heterocycles.